The highest BCUT2D eigenvalue weighted by Crippen LogP contribution is 2.29. The lowest BCUT2D eigenvalue weighted by Gasteiger charge is -2.37. The van der Waals surface area contributed by atoms with Crippen LogP contribution in [0.2, 0.25) is 0 Å². The van der Waals surface area contributed by atoms with Crippen LogP contribution in [0.4, 0.5) is 11.5 Å². The Bertz CT molecular complexity index is 863. The van der Waals surface area contributed by atoms with Crippen LogP contribution < -0.4 is 9.80 Å². The van der Waals surface area contributed by atoms with Gasteiger partial charge in [0.25, 0.3) is 0 Å². The molecule has 1 saturated carbocycles. The number of anilines is 2. The number of aromatic hydroxyl groups is 1. The van der Waals surface area contributed by atoms with Crippen molar-refractivity contribution in [1.29, 1.82) is 0 Å². The summed E-state index contributed by atoms with van der Waals surface area (Å²) in [4.78, 5) is 24.4. The molecule has 2 aromatic rings. The van der Waals surface area contributed by atoms with Gasteiger partial charge in [-0.1, -0.05) is 18.2 Å². The number of pyridine rings is 1. The van der Waals surface area contributed by atoms with E-state index in [-0.39, 0.29) is 17.9 Å². The number of ether oxygens (including phenoxy) is 1. The van der Waals surface area contributed by atoms with Crippen LogP contribution in [0.15, 0.2) is 48.7 Å². The Morgan fingerprint density at radius 3 is 2.44 bits per heavy atom. The minimum atomic E-state index is 0.0429. The van der Waals surface area contributed by atoms with Crippen molar-refractivity contribution in [3.63, 3.8) is 0 Å². The van der Waals surface area contributed by atoms with Crippen LogP contribution in [-0.4, -0.2) is 73.4 Å². The number of benzene rings is 1. The monoisotopic (exact) mass is 437 g/mol. The Labute approximate surface area is 190 Å². The lowest BCUT2D eigenvalue weighted by molar-refractivity contribution is -0.124. The average molecular weight is 438 g/mol. The topological polar surface area (TPSA) is 69.1 Å². The van der Waals surface area contributed by atoms with Crippen LogP contribution in [0.1, 0.15) is 25.7 Å². The van der Waals surface area contributed by atoms with Gasteiger partial charge in [0.2, 0.25) is 5.91 Å². The fourth-order valence-electron chi connectivity index (χ4n) is 4.80. The summed E-state index contributed by atoms with van der Waals surface area (Å²) in [5, 5.41) is 10.1. The van der Waals surface area contributed by atoms with Crippen molar-refractivity contribution < 1.29 is 14.6 Å². The van der Waals surface area contributed by atoms with Gasteiger partial charge in [0.05, 0.1) is 11.8 Å². The molecule has 1 amide bonds. The first kappa shape index (κ1) is 22.6. The normalized spacial score (nSPS) is 22.0. The maximum absolute atomic E-state index is 13.4. The molecule has 7 heteroatoms. The van der Waals surface area contributed by atoms with Crippen molar-refractivity contribution in [1.82, 2.24) is 9.88 Å². The second-order valence-electron chi connectivity index (χ2n) is 8.70. The first-order valence-electron chi connectivity index (χ1n) is 11.7. The molecule has 32 heavy (non-hydrogen) atoms. The van der Waals surface area contributed by atoms with Crippen molar-refractivity contribution >= 4 is 17.4 Å². The average Bonchev–Trinajstić information content (AvgIpc) is 2.85. The number of hydrogen-bond acceptors (Lipinski definition) is 6. The van der Waals surface area contributed by atoms with Gasteiger partial charge in [-0.2, -0.15) is 0 Å². The highest BCUT2D eigenvalue weighted by molar-refractivity contribution is 5.94. The quantitative estimate of drug-likeness (QED) is 0.718. The van der Waals surface area contributed by atoms with Crippen molar-refractivity contribution in [3.8, 4) is 5.75 Å². The molecule has 1 N–H and O–H groups in total. The number of nitrogens with zero attached hydrogens (tertiary/aromatic N) is 4. The van der Waals surface area contributed by atoms with Crippen LogP contribution >= 0.6 is 0 Å². The van der Waals surface area contributed by atoms with E-state index in [9.17, 15) is 9.90 Å². The Balaban J connectivity index is 1.35. The summed E-state index contributed by atoms with van der Waals surface area (Å²) >= 11 is 0. The van der Waals surface area contributed by atoms with Crippen LogP contribution in [0, 0.1) is 5.92 Å². The minimum absolute atomic E-state index is 0.0429. The second-order valence-corrected chi connectivity index (χ2v) is 8.70. The predicted octanol–water partition coefficient (Wildman–Crippen LogP) is 3.15. The van der Waals surface area contributed by atoms with Gasteiger partial charge in [-0.25, -0.2) is 4.98 Å². The number of methoxy groups -OCH3 is 1. The molecule has 0 radical (unpaired) electrons. The molecule has 0 bridgehead atoms. The molecule has 0 spiro atoms. The Morgan fingerprint density at radius 2 is 1.78 bits per heavy atom. The summed E-state index contributed by atoms with van der Waals surface area (Å²) in [5.41, 5.74) is 0.893. The summed E-state index contributed by atoms with van der Waals surface area (Å²) in [7, 11) is 1.76. The molecule has 0 unspecified atom stereocenters. The third-order valence-corrected chi connectivity index (χ3v) is 6.78. The summed E-state index contributed by atoms with van der Waals surface area (Å²) in [5.74, 6) is 1.29. The predicted molar refractivity (Wildman–Crippen MR) is 126 cm³/mol. The fourth-order valence-corrected chi connectivity index (χ4v) is 4.80. The number of phenolic OH excluding ortho intramolecular Hbond substituents is 1. The Kier molecular flexibility index (Phi) is 7.60. The zero-order valence-corrected chi connectivity index (χ0v) is 18.9. The standard InChI is InChI=1S/C25H34N4O3/c1-32-21-11-9-20(10-12-21)25(31)29(24-8-4-5-13-26-24)19-16-27-14-17-28(18-15-27)22-6-2-3-7-23(22)30/h2-8,13,20-21,30H,9-12,14-19H2,1H3/i1-1. The Morgan fingerprint density at radius 1 is 1.06 bits per heavy atom. The van der Waals surface area contributed by atoms with E-state index in [2.05, 4.69) is 14.8 Å². The maximum Gasteiger partial charge on any atom is 0.231 e. The van der Waals surface area contributed by atoms with Crippen molar-refractivity contribution in [2.24, 2.45) is 5.92 Å². The minimum Gasteiger partial charge on any atom is -0.506 e. The molecule has 1 saturated heterocycles. The van der Waals surface area contributed by atoms with Gasteiger partial charge in [0.15, 0.2) is 0 Å². The molecule has 172 valence electrons. The van der Waals surface area contributed by atoms with Gasteiger partial charge in [-0.15, -0.1) is 0 Å². The van der Waals surface area contributed by atoms with E-state index in [0.29, 0.717) is 12.3 Å². The molecule has 1 aliphatic heterocycles. The molecule has 2 fully saturated rings. The molecule has 1 aromatic carbocycles. The number of carbonyl (C=O) groups is 1. The number of para-hydroxylation sites is 2. The van der Waals surface area contributed by atoms with Gasteiger partial charge >= 0.3 is 0 Å². The molecular weight excluding hydrogens is 403 g/mol. The third-order valence-electron chi connectivity index (χ3n) is 6.78. The van der Waals surface area contributed by atoms with Crippen molar-refractivity contribution in [2.45, 2.75) is 31.8 Å². The van der Waals surface area contributed by atoms with Gasteiger partial charge in [-0.05, 0) is 49.9 Å². The van der Waals surface area contributed by atoms with Gasteiger partial charge in [0.1, 0.15) is 11.6 Å². The van der Waals surface area contributed by atoms with E-state index in [1.165, 1.54) is 0 Å². The van der Waals surface area contributed by atoms with E-state index < -0.39 is 0 Å². The van der Waals surface area contributed by atoms with Gasteiger partial charge in [-0.3, -0.25) is 14.6 Å². The van der Waals surface area contributed by atoms with Crippen molar-refractivity contribution in [2.75, 3.05) is 56.2 Å². The van der Waals surface area contributed by atoms with E-state index in [1.54, 1.807) is 19.4 Å². The molecule has 0 atom stereocenters. The smallest absolute Gasteiger partial charge is 0.231 e. The summed E-state index contributed by atoms with van der Waals surface area (Å²) in [6, 6.07) is 13.2. The highest BCUT2D eigenvalue weighted by atomic mass is 16.4. The lowest BCUT2D eigenvalue weighted by Crippen LogP contribution is -2.50. The summed E-state index contributed by atoms with van der Waals surface area (Å²) in [6.07, 6.45) is 5.67. The molecule has 4 rings (SSSR count). The first-order valence-corrected chi connectivity index (χ1v) is 11.7. The highest BCUT2D eigenvalue weighted by Gasteiger charge is 2.31. The molecule has 1 aromatic heterocycles. The molecule has 2 heterocycles. The zero-order valence-electron chi connectivity index (χ0n) is 18.9. The van der Waals surface area contributed by atoms with Crippen LogP contribution in [0.5, 0.6) is 5.75 Å². The first-order chi connectivity index (χ1) is 15.7. The summed E-state index contributed by atoms with van der Waals surface area (Å²) in [6.45, 7) is 4.96. The van der Waals surface area contributed by atoms with E-state index >= 15 is 0 Å². The molecule has 2 aliphatic rings. The lowest BCUT2D eigenvalue weighted by atomic mass is 9.86. The number of hydrogen-bond donors (Lipinski definition) is 1. The number of rotatable bonds is 7. The maximum atomic E-state index is 13.4. The van der Waals surface area contributed by atoms with Crippen LogP contribution in [0.3, 0.4) is 0 Å². The fraction of sp³-hybridized carbons (Fsp3) is 0.520. The van der Waals surface area contributed by atoms with E-state index in [0.717, 1.165) is 69.9 Å². The largest absolute Gasteiger partial charge is 0.506 e. The number of piperazine rings is 1. The zero-order chi connectivity index (χ0) is 22.3. The number of aromatic nitrogens is 1. The molecule has 1 aliphatic carbocycles. The SMILES string of the molecule is [11CH3]OC1CCC(C(=O)N(CCN2CCN(c3ccccc3O)CC2)c2ccccn2)CC1. The van der Waals surface area contributed by atoms with E-state index in [1.807, 2.05) is 41.3 Å². The second kappa shape index (κ2) is 10.8. The number of amides is 1. The van der Waals surface area contributed by atoms with Gasteiger partial charge in [0, 0.05) is 58.5 Å². The summed E-state index contributed by atoms with van der Waals surface area (Å²) < 4.78 is 5.48. The number of phenols is 1. The van der Waals surface area contributed by atoms with Gasteiger partial charge < -0.3 is 14.7 Å². The number of carbonyl (C=O) groups excluding carboxylic acids is 1. The van der Waals surface area contributed by atoms with Crippen LogP contribution in [0.25, 0.3) is 0 Å². The molecular formula is C25H34N4O3. The van der Waals surface area contributed by atoms with E-state index in [4.69, 9.17) is 4.74 Å². The van der Waals surface area contributed by atoms with Crippen LogP contribution in [-0.2, 0) is 9.53 Å². The third kappa shape index (κ3) is 5.40. The van der Waals surface area contributed by atoms with Crippen molar-refractivity contribution in [3.05, 3.63) is 48.7 Å². The molecule has 7 nitrogen and oxygen atoms in total. The Hall–Kier alpha value is -2.64.